The summed E-state index contributed by atoms with van der Waals surface area (Å²) >= 11 is 5.16. The Kier molecular flexibility index (Phi) is 8.82. The molecule has 0 spiro atoms. The highest BCUT2D eigenvalue weighted by Gasteiger charge is 2.04. The molecule has 1 unspecified atom stereocenters. The maximum Gasteiger partial charge on any atom is 0.0634 e. The summed E-state index contributed by atoms with van der Waals surface area (Å²) < 4.78 is 1.10. The fourth-order valence-corrected chi connectivity index (χ4v) is 2.93. The quantitative estimate of drug-likeness (QED) is 0.492. The zero-order valence-corrected chi connectivity index (χ0v) is 13.5. The maximum atomic E-state index is 9.89. The Morgan fingerprint density at radius 3 is 2.44 bits per heavy atom. The van der Waals surface area contributed by atoms with Gasteiger partial charge in [0.1, 0.15) is 0 Å². The highest BCUT2D eigenvalue weighted by atomic mass is 79.9. The van der Waals surface area contributed by atoms with Gasteiger partial charge >= 0.3 is 0 Å². The number of halogens is 1. The zero-order chi connectivity index (χ0) is 13.2. The van der Waals surface area contributed by atoms with Crippen molar-refractivity contribution in [1.82, 2.24) is 0 Å². The first-order valence-corrected chi connectivity index (χ1v) is 8.56. The van der Waals surface area contributed by atoms with Crippen molar-refractivity contribution in [2.24, 2.45) is 0 Å². The number of aliphatic hydroxyl groups is 1. The molecule has 0 aliphatic carbocycles. The summed E-state index contributed by atoms with van der Waals surface area (Å²) in [6, 6.07) is 8.25. The molecular weight excluding hydrogens is 308 g/mol. The highest BCUT2D eigenvalue weighted by Crippen LogP contribution is 2.22. The molecule has 0 amide bonds. The molecule has 0 aromatic heterocycles. The van der Waals surface area contributed by atoms with Gasteiger partial charge in [0, 0.05) is 15.1 Å². The lowest BCUT2D eigenvalue weighted by atomic mass is 10.1. The van der Waals surface area contributed by atoms with Crippen molar-refractivity contribution >= 4 is 27.7 Å². The van der Waals surface area contributed by atoms with Crippen molar-refractivity contribution < 1.29 is 5.11 Å². The average molecular weight is 331 g/mol. The minimum atomic E-state index is -0.166. The number of thioether (sulfide) groups is 1. The van der Waals surface area contributed by atoms with E-state index in [-0.39, 0.29) is 6.10 Å². The SMILES string of the molecule is CCCCCCCC(O)CSc1ccc(Br)cc1. The molecule has 0 aliphatic heterocycles. The number of benzene rings is 1. The Hall–Kier alpha value is 0.01000. The molecule has 0 radical (unpaired) electrons. The van der Waals surface area contributed by atoms with Gasteiger partial charge in [0.25, 0.3) is 0 Å². The van der Waals surface area contributed by atoms with Gasteiger partial charge in [0.05, 0.1) is 6.10 Å². The molecule has 0 aliphatic rings. The van der Waals surface area contributed by atoms with E-state index in [4.69, 9.17) is 0 Å². The minimum absolute atomic E-state index is 0.166. The van der Waals surface area contributed by atoms with E-state index in [0.29, 0.717) is 0 Å². The summed E-state index contributed by atoms with van der Waals surface area (Å²) in [5.41, 5.74) is 0. The van der Waals surface area contributed by atoms with E-state index in [9.17, 15) is 5.11 Å². The second-order valence-electron chi connectivity index (χ2n) is 4.62. The number of hydrogen-bond acceptors (Lipinski definition) is 2. The van der Waals surface area contributed by atoms with Crippen LogP contribution >= 0.6 is 27.7 Å². The molecule has 102 valence electrons. The summed E-state index contributed by atoms with van der Waals surface area (Å²) in [6.07, 6.45) is 7.10. The second-order valence-corrected chi connectivity index (χ2v) is 6.63. The topological polar surface area (TPSA) is 20.2 Å². The van der Waals surface area contributed by atoms with Crippen LogP contribution in [-0.4, -0.2) is 17.0 Å². The van der Waals surface area contributed by atoms with Crippen LogP contribution in [0.3, 0.4) is 0 Å². The summed E-state index contributed by atoms with van der Waals surface area (Å²) in [6.45, 7) is 2.23. The van der Waals surface area contributed by atoms with Crippen molar-refractivity contribution in [2.45, 2.75) is 56.4 Å². The third-order valence-electron chi connectivity index (χ3n) is 2.90. The van der Waals surface area contributed by atoms with Crippen molar-refractivity contribution in [3.63, 3.8) is 0 Å². The third-order valence-corrected chi connectivity index (χ3v) is 4.58. The smallest absolute Gasteiger partial charge is 0.0634 e. The largest absolute Gasteiger partial charge is 0.392 e. The molecule has 18 heavy (non-hydrogen) atoms. The Bertz CT molecular complexity index is 313. The first-order valence-electron chi connectivity index (χ1n) is 6.78. The Labute approximate surface area is 124 Å². The zero-order valence-electron chi connectivity index (χ0n) is 11.1. The van der Waals surface area contributed by atoms with Crippen molar-refractivity contribution in [2.75, 3.05) is 5.75 Å². The molecule has 3 heteroatoms. The number of hydrogen-bond donors (Lipinski definition) is 1. The molecular formula is C15H23BrOS. The molecule has 0 fully saturated rings. The van der Waals surface area contributed by atoms with Crippen molar-refractivity contribution in [3.8, 4) is 0 Å². The molecule has 1 aromatic carbocycles. The fraction of sp³-hybridized carbons (Fsp3) is 0.600. The van der Waals surface area contributed by atoms with Gasteiger partial charge in [-0.05, 0) is 30.7 Å². The molecule has 1 rings (SSSR count). The Morgan fingerprint density at radius 2 is 1.78 bits per heavy atom. The van der Waals surface area contributed by atoms with E-state index in [1.165, 1.54) is 30.6 Å². The second kappa shape index (κ2) is 9.88. The minimum Gasteiger partial charge on any atom is -0.392 e. The van der Waals surface area contributed by atoms with Crippen LogP contribution in [0.5, 0.6) is 0 Å². The van der Waals surface area contributed by atoms with Gasteiger partial charge < -0.3 is 5.11 Å². The van der Waals surface area contributed by atoms with Crippen LogP contribution < -0.4 is 0 Å². The predicted octanol–water partition coefficient (Wildman–Crippen LogP) is 5.26. The van der Waals surface area contributed by atoms with Crippen molar-refractivity contribution in [3.05, 3.63) is 28.7 Å². The van der Waals surface area contributed by atoms with Gasteiger partial charge in [-0.25, -0.2) is 0 Å². The third kappa shape index (κ3) is 7.45. The van der Waals surface area contributed by atoms with Gasteiger partial charge in [-0.15, -0.1) is 11.8 Å². The lowest BCUT2D eigenvalue weighted by Crippen LogP contribution is -2.09. The van der Waals surface area contributed by atoms with Gasteiger partial charge in [-0.3, -0.25) is 0 Å². The lowest BCUT2D eigenvalue weighted by Gasteiger charge is -2.10. The highest BCUT2D eigenvalue weighted by molar-refractivity contribution is 9.10. The molecule has 1 nitrogen and oxygen atoms in total. The number of unbranched alkanes of at least 4 members (excludes halogenated alkanes) is 4. The molecule has 0 saturated heterocycles. The standard InChI is InChI=1S/C15H23BrOS/c1-2-3-4-5-6-7-14(17)12-18-15-10-8-13(16)9-11-15/h8-11,14,17H,2-7,12H2,1H3. The monoisotopic (exact) mass is 330 g/mol. The van der Waals surface area contributed by atoms with Crippen LogP contribution in [0, 0.1) is 0 Å². The van der Waals surface area contributed by atoms with E-state index < -0.39 is 0 Å². The fourth-order valence-electron chi connectivity index (χ4n) is 1.79. The van der Waals surface area contributed by atoms with E-state index in [1.807, 2.05) is 12.1 Å². The average Bonchev–Trinajstić information content (AvgIpc) is 2.38. The summed E-state index contributed by atoms with van der Waals surface area (Å²) in [5, 5.41) is 9.89. The normalized spacial score (nSPS) is 12.6. The van der Waals surface area contributed by atoms with Crippen LogP contribution in [0.15, 0.2) is 33.6 Å². The maximum absolute atomic E-state index is 9.89. The Balaban J connectivity index is 2.09. The van der Waals surface area contributed by atoms with E-state index in [0.717, 1.165) is 23.1 Å². The Morgan fingerprint density at radius 1 is 1.11 bits per heavy atom. The summed E-state index contributed by atoms with van der Waals surface area (Å²) in [5.74, 6) is 0.801. The number of aliphatic hydroxyl groups excluding tert-OH is 1. The van der Waals surface area contributed by atoms with Crippen molar-refractivity contribution in [1.29, 1.82) is 0 Å². The van der Waals surface area contributed by atoms with Crippen LogP contribution in [0.2, 0.25) is 0 Å². The first kappa shape index (κ1) is 16.1. The van der Waals surface area contributed by atoms with E-state index in [1.54, 1.807) is 11.8 Å². The molecule has 1 aromatic rings. The summed E-state index contributed by atoms with van der Waals surface area (Å²) in [7, 11) is 0. The molecule has 1 N–H and O–H groups in total. The van der Waals surface area contributed by atoms with Gasteiger partial charge in [-0.1, -0.05) is 55.0 Å². The molecule has 0 heterocycles. The first-order chi connectivity index (χ1) is 8.72. The molecule has 0 saturated carbocycles. The molecule has 1 atom stereocenters. The van der Waals surface area contributed by atoms with Crippen LogP contribution in [-0.2, 0) is 0 Å². The summed E-state index contributed by atoms with van der Waals surface area (Å²) in [4.78, 5) is 1.23. The lowest BCUT2D eigenvalue weighted by molar-refractivity contribution is 0.185. The van der Waals surface area contributed by atoms with Crippen LogP contribution in [0.1, 0.15) is 45.4 Å². The van der Waals surface area contributed by atoms with Gasteiger partial charge in [0.15, 0.2) is 0 Å². The van der Waals surface area contributed by atoms with Crippen LogP contribution in [0.4, 0.5) is 0 Å². The van der Waals surface area contributed by atoms with Gasteiger partial charge in [-0.2, -0.15) is 0 Å². The van der Waals surface area contributed by atoms with E-state index >= 15 is 0 Å². The van der Waals surface area contributed by atoms with E-state index in [2.05, 4.69) is 35.0 Å². The molecule has 0 bridgehead atoms. The number of rotatable bonds is 9. The van der Waals surface area contributed by atoms with Crippen LogP contribution in [0.25, 0.3) is 0 Å². The predicted molar refractivity (Wildman–Crippen MR) is 84.2 cm³/mol. The van der Waals surface area contributed by atoms with Gasteiger partial charge in [0.2, 0.25) is 0 Å².